The van der Waals surface area contributed by atoms with E-state index in [0.717, 1.165) is 4.68 Å². The van der Waals surface area contributed by atoms with E-state index in [-0.39, 0.29) is 41.9 Å². The highest BCUT2D eigenvalue weighted by Crippen LogP contribution is 2.22. The summed E-state index contributed by atoms with van der Waals surface area (Å²) in [7, 11) is 4.53. The van der Waals surface area contributed by atoms with Crippen molar-refractivity contribution < 1.29 is 23.5 Å². The fraction of sp³-hybridized carbons (Fsp3) is 0.278. The van der Waals surface area contributed by atoms with Crippen LogP contribution < -0.4 is 19.7 Å². The minimum Gasteiger partial charge on any atom is -0.495 e. The van der Waals surface area contributed by atoms with Crippen LogP contribution >= 0.6 is 0 Å². The van der Waals surface area contributed by atoms with E-state index in [1.54, 1.807) is 31.5 Å². The lowest BCUT2D eigenvalue weighted by molar-refractivity contribution is 0.156. The van der Waals surface area contributed by atoms with E-state index in [2.05, 4.69) is 15.2 Å². The molecule has 0 amide bonds. The molecular formula is C18H20N6O5. The standard InChI is InChI=1S/C18H20N6O5/c1-25-10-13-6-14(23-29-13)17(20)24-16(19)7-15(27-3)18(22-24)28-9-11-4-5-12(26-2)8-21-11/h4-8,19-20H,9-10H2,1-3H3. The lowest BCUT2D eigenvalue weighted by atomic mass is 10.3. The van der Waals surface area contributed by atoms with E-state index in [1.165, 1.54) is 20.3 Å². The maximum atomic E-state index is 8.32. The minimum atomic E-state index is -0.156. The molecule has 3 aromatic rings. The van der Waals surface area contributed by atoms with Crippen LogP contribution in [0.15, 0.2) is 35.0 Å². The van der Waals surface area contributed by atoms with Crippen LogP contribution in [0, 0.1) is 10.8 Å². The first-order valence-electron chi connectivity index (χ1n) is 8.44. The monoisotopic (exact) mass is 400 g/mol. The fourth-order valence-electron chi connectivity index (χ4n) is 2.36. The average Bonchev–Trinajstić information content (AvgIpc) is 3.21. The van der Waals surface area contributed by atoms with Crippen LogP contribution in [0.1, 0.15) is 17.1 Å². The molecule has 11 heteroatoms. The number of hydrogen-bond acceptors (Lipinski definition) is 10. The van der Waals surface area contributed by atoms with Gasteiger partial charge in [0, 0.05) is 19.2 Å². The highest BCUT2D eigenvalue weighted by Gasteiger charge is 2.17. The quantitative estimate of drug-likeness (QED) is 0.426. The lowest BCUT2D eigenvalue weighted by Gasteiger charge is -2.12. The van der Waals surface area contributed by atoms with Crippen molar-refractivity contribution in [1.29, 1.82) is 10.8 Å². The molecule has 2 N–H and O–H groups in total. The van der Waals surface area contributed by atoms with Gasteiger partial charge in [-0.1, -0.05) is 5.16 Å². The minimum absolute atomic E-state index is 0.0851. The lowest BCUT2D eigenvalue weighted by Crippen LogP contribution is -2.30. The summed E-state index contributed by atoms with van der Waals surface area (Å²) in [5.41, 5.74) is 0.765. The molecule has 3 heterocycles. The van der Waals surface area contributed by atoms with E-state index < -0.39 is 0 Å². The molecular weight excluding hydrogens is 380 g/mol. The molecule has 0 aliphatic heterocycles. The molecule has 3 aromatic heterocycles. The molecule has 0 saturated heterocycles. The number of aromatic nitrogens is 4. The molecule has 0 spiro atoms. The first-order valence-corrected chi connectivity index (χ1v) is 8.44. The van der Waals surface area contributed by atoms with Crippen molar-refractivity contribution in [3.63, 3.8) is 0 Å². The smallest absolute Gasteiger partial charge is 0.275 e. The van der Waals surface area contributed by atoms with E-state index in [4.69, 9.17) is 34.3 Å². The number of pyridine rings is 1. The van der Waals surface area contributed by atoms with Gasteiger partial charge in [0.15, 0.2) is 28.5 Å². The molecule has 0 aromatic carbocycles. The van der Waals surface area contributed by atoms with Crippen LogP contribution in [0.3, 0.4) is 0 Å². The van der Waals surface area contributed by atoms with Crippen molar-refractivity contribution >= 4 is 5.84 Å². The molecule has 0 unspecified atom stereocenters. The molecule has 0 aliphatic rings. The summed E-state index contributed by atoms with van der Waals surface area (Å²) >= 11 is 0. The van der Waals surface area contributed by atoms with Gasteiger partial charge >= 0.3 is 0 Å². The van der Waals surface area contributed by atoms with Crippen molar-refractivity contribution in [3.8, 4) is 17.4 Å². The Morgan fingerprint density at radius 1 is 1.14 bits per heavy atom. The molecule has 0 atom stereocenters. The van der Waals surface area contributed by atoms with Crippen LogP contribution in [0.5, 0.6) is 17.4 Å². The second kappa shape index (κ2) is 8.97. The predicted molar refractivity (Wildman–Crippen MR) is 99.2 cm³/mol. The van der Waals surface area contributed by atoms with Gasteiger partial charge in [-0.3, -0.25) is 15.8 Å². The third kappa shape index (κ3) is 4.58. The van der Waals surface area contributed by atoms with Crippen LogP contribution in [0.2, 0.25) is 0 Å². The van der Waals surface area contributed by atoms with Crippen molar-refractivity contribution in [1.82, 2.24) is 19.9 Å². The molecule has 0 aliphatic carbocycles. The zero-order valence-corrected chi connectivity index (χ0v) is 16.1. The van der Waals surface area contributed by atoms with Crippen molar-refractivity contribution in [2.24, 2.45) is 0 Å². The number of hydrogen-bond donors (Lipinski definition) is 2. The summed E-state index contributed by atoms with van der Waals surface area (Å²) in [6.45, 7) is 0.331. The number of ether oxygens (including phenoxy) is 4. The summed E-state index contributed by atoms with van der Waals surface area (Å²) in [4.78, 5) is 4.22. The maximum absolute atomic E-state index is 8.32. The number of methoxy groups -OCH3 is 3. The fourth-order valence-corrected chi connectivity index (χ4v) is 2.36. The zero-order valence-electron chi connectivity index (χ0n) is 16.1. The second-order valence-electron chi connectivity index (χ2n) is 5.75. The SMILES string of the molecule is COCc1cc(C(=N)n2nc(OCc3ccc(OC)cn3)c(OC)cc2=N)no1. The first-order chi connectivity index (χ1) is 14.0. The van der Waals surface area contributed by atoms with Gasteiger partial charge in [-0.15, -0.1) is 5.10 Å². The third-order valence-corrected chi connectivity index (χ3v) is 3.81. The van der Waals surface area contributed by atoms with Crippen molar-refractivity contribution in [2.75, 3.05) is 21.3 Å². The number of nitrogens with one attached hydrogen (secondary N) is 2. The molecule has 0 radical (unpaired) electrons. The molecule has 11 nitrogen and oxygen atoms in total. The Labute approximate surface area is 165 Å². The Balaban J connectivity index is 1.84. The Hall–Kier alpha value is -3.73. The van der Waals surface area contributed by atoms with E-state index >= 15 is 0 Å². The largest absolute Gasteiger partial charge is 0.495 e. The van der Waals surface area contributed by atoms with E-state index in [0.29, 0.717) is 17.2 Å². The van der Waals surface area contributed by atoms with Crippen LogP contribution in [0.25, 0.3) is 0 Å². The number of nitrogens with zero attached hydrogens (tertiary/aromatic N) is 4. The Morgan fingerprint density at radius 3 is 2.62 bits per heavy atom. The zero-order chi connectivity index (χ0) is 20.8. The second-order valence-corrected chi connectivity index (χ2v) is 5.75. The van der Waals surface area contributed by atoms with Crippen molar-refractivity contribution in [2.45, 2.75) is 13.2 Å². The molecule has 0 bridgehead atoms. The third-order valence-electron chi connectivity index (χ3n) is 3.81. The molecule has 0 saturated carbocycles. The number of rotatable bonds is 8. The molecule has 152 valence electrons. The van der Waals surface area contributed by atoms with Crippen LogP contribution in [0.4, 0.5) is 0 Å². The van der Waals surface area contributed by atoms with Gasteiger partial charge < -0.3 is 23.5 Å². The average molecular weight is 400 g/mol. The highest BCUT2D eigenvalue weighted by molar-refractivity contribution is 5.95. The summed E-state index contributed by atoms with van der Waals surface area (Å²) in [6, 6.07) is 6.47. The van der Waals surface area contributed by atoms with Crippen LogP contribution in [-0.4, -0.2) is 47.1 Å². The van der Waals surface area contributed by atoms with Gasteiger partial charge in [0.2, 0.25) is 0 Å². The summed E-state index contributed by atoms with van der Waals surface area (Å²) in [5, 5.41) is 24.5. The first kappa shape index (κ1) is 20.0. The Morgan fingerprint density at radius 2 is 1.97 bits per heavy atom. The van der Waals surface area contributed by atoms with Crippen molar-refractivity contribution in [3.05, 3.63) is 53.1 Å². The summed E-state index contributed by atoms with van der Waals surface area (Å²) < 4.78 is 27.2. The highest BCUT2D eigenvalue weighted by atomic mass is 16.5. The predicted octanol–water partition coefficient (Wildman–Crippen LogP) is 1.36. The van der Waals surface area contributed by atoms with E-state index in [9.17, 15) is 0 Å². The van der Waals surface area contributed by atoms with Gasteiger partial charge in [0.05, 0.1) is 26.1 Å². The van der Waals surface area contributed by atoms with E-state index in [1.807, 2.05) is 0 Å². The van der Waals surface area contributed by atoms with Gasteiger partial charge in [-0.2, -0.15) is 4.68 Å². The van der Waals surface area contributed by atoms with Gasteiger partial charge in [0.25, 0.3) is 5.88 Å². The summed E-state index contributed by atoms with van der Waals surface area (Å²) in [5.74, 6) is 1.29. The topological polar surface area (TPSA) is 141 Å². The van der Waals surface area contributed by atoms with Gasteiger partial charge in [0.1, 0.15) is 19.0 Å². The summed E-state index contributed by atoms with van der Waals surface area (Å²) in [6.07, 6.45) is 1.58. The van der Waals surface area contributed by atoms with Gasteiger partial charge in [-0.05, 0) is 12.1 Å². The Kier molecular flexibility index (Phi) is 6.19. The van der Waals surface area contributed by atoms with Crippen LogP contribution in [-0.2, 0) is 18.0 Å². The normalized spacial score (nSPS) is 10.6. The maximum Gasteiger partial charge on any atom is 0.275 e. The molecule has 29 heavy (non-hydrogen) atoms. The molecule has 0 fully saturated rings. The van der Waals surface area contributed by atoms with Gasteiger partial charge in [-0.25, -0.2) is 0 Å². The molecule has 3 rings (SSSR count). The Bertz CT molecular complexity index is 1040.